The van der Waals surface area contributed by atoms with E-state index in [2.05, 4.69) is 13.8 Å². The van der Waals surface area contributed by atoms with Gasteiger partial charge in [-0.05, 0) is 54.1 Å². The second kappa shape index (κ2) is 9.43. The zero-order valence-electron chi connectivity index (χ0n) is 16.9. The first-order valence-corrected chi connectivity index (χ1v) is 11.5. The van der Waals surface area contributed by atoms with Crippen LogP contribution in [0.25, 0.3) is 11.3 Å². The molecule has 3 rings (SSSR count). The molecule has 0 radical (unpaired) electrons. The van der Waals surface area contributed by atoms with Gasteiger partial charge >= 0.3 is 6.18 Å². The van der Waals surface area contributed by atoms with Gasteiger partial charge in [-0.1, -0.05) is 26.0 Å². The van der Waals surface area contributed by atoms with Crippen molar-refractivity contribution in [2.45, 2.75) is 48.6 Å². The Labute approximate surface area is 182 Å². The molecule has 0 saturated carbocycles. The van der Waals surface area contributed by atoms with Gasteiger partial charge in [-0.15, -0.1) is 11.8 Å². The molecule has 0 atom stereocenters. The van der Waals surface area contributed by atoms with E-state index in [1.54, 1.807) is 29.6 Å². The number of furan rings is 1. The average molecular weight is 453 g/mol. The van der Waals surface area contributed by atoms with Crippen molar-refractivity contribution in [2.75, 3.05) is 0 Å². The van der Waals surface area contributed by atoms with Crippen LogP contribution in [-0.2, 0) is 17.7 Å². The Kier molecular flexibility index (Phi) is 7.14. The van der Waals surface area contributed by atoms with E-state index in [4.69, 9.17) is 4.42 Å². The molecule has 0 aliphatic carbocycles. The van der Waals surface area contributed by atoms with Crippen molar-refractivity contribution in [3.8, 4) is 17.1 Å². The summed E-state index contributed by atoms with van der Waals surface area (Å²) >= 11 is 3.38. The molecule has 0 bridgehead atoms. The van der Waals surface area contributed by atoms with Crippen molar-refractivity contribution < 1.29 is 22.7 Å². The predicted octanol–water partition coefficient (Wildman–Crippen LogP) is 7.91. The number of hydrogen-bond acceptors (Lipinski definition) is 4. The Hall–Kier alpha value is -1.99. The lowest BCUT2D eigenvalue weighted by atomic mass is 10.1. The summed E-state index contributed by atoms with van der Waals surface area (Å²) in [5.41, 5.74) is 1.78. The van der Waals surface area contributed by atoms with Gasteiger partial charge in [0.25, 0.3) is 0 Å². The summed E-state index contributed by atoms with van der Waals surface area (Å²) in [5.74, 6) is 3.04. The second-order valence-electron chi connectivity index (χ2n) is 7.23. The second-order valence-corrected chi connectivity index (χ2v) is 9.84. The summed E-state index contributed by atoms with van der Waals surface area (Å²) in [5, 5.41) is 10.1. The molecule has 0 amide bonds. The number of phenolic OH excluding ortho intramolecular Hbond substituents is 1. The predicted molar refractivity (Wildman–Crippen MR) is 118 cm³/mol. The molecule has 3 aromatic rings. The van der Waals surface area contributed by atoms with Gasteiger partial charge in [0.1, 0.15) is 17.3 Å². The van der Waals surface area contributed by atoms with Gasteiger partial charge in [0.2, 0.25) is 0 Å². The molecule has 30 heavy (non-hydrogen) atoms. The van der Waals surface area contributed by atoms with E-state index in [0.717, 1.165) is 33.9 Å². The fourth-order valence-corrected chi connectivity index (χ4v) is 4.52. The maximum Gasteiger partial charge on any atom is 0.416 e. The molecule has 7 heteroatoms. The van der Waals surface area contributed by atoms with Crippen LogP contribution in [0.3, 0.4) is 0 Å². The summed E-state index contributed by atoms with van der Waals surface area (Å²) < 4.78 is 44.6. The average Bonchev–Trinajstić information content (AvgIpc) is 3.10. The lowest BCUT2D eigenvalue weighted by molar-refractivity contribution is -0.137. The number of phenols is 1. The smallest absolute Gasteiger partial charge is 0.416 e. The number of aromatic hydroxyl groups is 1. The van der Waals surface area contributed by atoms with Crippen LogP contribution >= 0.6 is 23.5 Å². The molecular weight excluding hydrogens is 429 g/mol. The van der Waals surface area contributed by atoms with E-state index in [-0.39, 0.29) is 5.75 Å². The monoisotopic (exact) mass is 452 g/mol. The number of rotatable bonds is 7. The maximum atomic E-state index is 12.8. The third kappa shape index (κ3) is 5.79. The molecule has 1 aromatic heterocycles. The first kappa shape index (κ1) is 22.7. The number of thioether (sulfide) groups is 2. The molecule has 0 aliphatic rings. The fourth-order valence-electron chi connectivity index (χ4n) is 2.80. The third-order valence-electron chi connectivity index (χ3n) is 4.50. The van der Waals surface area contributed by atoms with Crippen molar-refractivity contribution in [1.82, 2.24) is 0 Å². The summed E-state index contributed by atoms with van der Waals surface area (Å²) in [6.45, 7) is 6.07. The molecule has 2 aromatic carbocycles. The minimum atomic E-state index is -4.36. The van der Waals surface area contributed by atoms with Crippen LogP contribution in [0.1, 0.15) is 36.3 Å². The highest BCUT2D eigenvalue weighted by Crippen LogP contribution is 2.36. The minimum absolute atomic E-state index is 0.265. The van der Waals surface area contributed by atoms with E-state index in [1.807, 2.05) is 25.1 Å². The Morgan fingerprint density at radius 1 is 1.00 bits per heavy atom. The first-order valence-electron chi connectivity index (χ1n) is 9.46. The van der Waals surface area contributed by atoms with E-state index >= 15 is 0 Å². The zero-order chi connectivity index (χ0) is 21.9. The molecule has 1 heterocycles. The number of aryl methyl sites for hydroxylation is 1. The Bertz CT molecular complexity index is 993. The van der Waals surface area contributed by atoms with Crippen LogP contribution < -0.4 is 0 Å². The molecule has 0 spiro atoms. The Morgan fingerprint density at radius 3 is 2.30 bits per heavy atom. The van der Waals surface area contributed by atoms with Crippen LogP contribution in [0.15, 0.2) is 57.8 Å². The summed E-state index contributed by atoms with van der Waals surface area (Å²) in [6, 6.07) is 12.4. The number of alkyl halides is 3. The lowest BCUT2D eigenvalue weighted by Gasteiger charge is -2.07. The highest BCUT2D eigenvalue weighted by molar-refractivity contribution is 7.99. The van der Waals surface area contributed by atoms with E-state index in [0.29, 0.717) is 28.1 Å². The van der Waals surface area contributed by atoms with Crippen molar-refractivity contribution in [3.05, 3.63) is 71.0 Å². The van der Waals surface area contributed by atoms with Crippen molar-refractivity contribution in [3.63, 3.8) is 0 Å². The van der Waals surface area contributed by atoms with Crippen LogP contribution in [0.4, 0.5) is 13.2 Å². The quantitative estimate of drug-likeness (QED) is 0.369. The molecule has 0 unspecified atom stereocenters. The van der Waals surface area contributed by atoms with E-state index in [9.17, 15) is 18.3 Å². The van der Waals surface area contributed by atoms with Gasteiger partial charge in [-0.25, -0.2) is 0 Å². The number of benzene rings is 2. The minimum Gasteiger partial charge on any atom is -0.508 e. The van der Waals surface area contributed by atoms with Crippen LogP contribution in [0.5, 0.6) is 5.75 Å². The van der Waals surface area contributed by atoms with Crippen LogP contribution in [0, 0.1) is 6.92 Å². The van der Waals surface area contributed by atoms with Crippen LogP contribution in [0.2, 0.25) is 0 Å². The van der Waals surface area contributed by atoms with Gasteiger partial charge in [0, 0.05) is 21.8 Å². The summed E-state index contributed by atoms with van der Waals surface area (Å²) in [6.07, 6.45) is -4.36. The van der Waals surface area contributed by atoms with E-state index in [1.165, 1.54) is 12.1 Å². The molecule has 1 N–H and O–H groups in total. The first-order chi connectivity index (χ1) is 14.1. The Morgan fingerprint density at radius 2 is 1.70 bits per heavy atom. The molecule has 160 valence electrons. The fraction of sp³-hybridized carbons (Fsp3) is 0.304. The number of halogens is 3. The standard InChI is InChI=1S/C23H23F3O2S2/c1-14(2)29-13-22-17(12-30-19-8-9-20(27)15(3)10-19)11-21(28-22)16-4-6-18(7-5-16)23(24,25)26/h4-11,14,27H,12-13H2,1-3H3. The van der Waals surface area contributed by atoms with E-state index < -0.39 is 11.7 Å². The molecular formula is C23H23F3O2S2. The van der Waals surface area contributed by atoms with Gasteiger partial charge in [-0.3, -0.25) is 0 Å². The molecule has 0 fully saturated rings. The summed E-state index contributed by atoms with van der Waals surface area (Å²) in [4.78, 5) is 1.03. The summed E-state index contributed by atoms with van der Waals surface area (Å²) in [7, 11) is 0. The van der Waals surface area contributed by atoms with Gasteiger partial charge < -0.3 is 9.52 Å². The molecule has 0 saturated heterocycles. The van der Waals surface area contributed by atoms with Crippen LogP contribution in [-0.4, -0.2) is 10.4 Å². The largest absolute Gasteiger partial charge is 0.508 e. The van der Waals surface area contributed by atoms with Crippen molar-refractivity contribution in [1.29, 1.82) is 0 Å². The highest BCUT2D eigenvalue weighted by Gasteiger charge is 2.30. The van der Waals surface area contributed by atoms with Crippen molar-refractivity contribution in [2.24, 2.45) is 0 Å². The van der Waals surface area contributed by atoms with Gasteiger partial charge in [-0.2, -0.15) is 24.9 Å². The lowest BCUT2D eigenvalue weighted by Crippen LogP contribution is -2.03. The highest BCUT2D eigenvalue weighted by atomic mass is 32.2. The normalized spacial score (nSPS) is 12.0. The van der Waals surface area contributed by atoms with Crippen molar-refractivity contribution >= 4 is 23.5 Å². The van der Waals surface area contributed by atoms with Gasteiger partial charge in [0.15, 0.2) is 0 Å². The van der Waals surface area contributed by atoms with Gasteiger partial charge in [0.05, 0.1) is 11.3 Å². The SMILES string of the molecule is Cc1cc(SCc2cc(-c3ccc(C(F)(F)F)cc3)oc2CSC(C)C)ccc1O. The molecule has 2 nitrogen and oxygen atoms in total. The topological polar surface area (TPSA) is 33.4 Å². The Balaban J connectivity index is 1.83. The maximum absolute atomic E-state index is 12.8. The third-order valence-corrected chi connectivity index (χ3v) is 6.64. The number of hydrogen-bond donors (Lipinski definition) is 1. The molecule has 0 aliphatic heterocycles. The zero-order valence-corrected chi connectivity index (χ0v) is 18.5.